The smallest absolute Gasteiger partial charge is 0.225 e. The van der Waals surface area contributed by atoms with Crippen LogP contribution in [0.4, 0.5) is 0 Å². The van der Waals surface area contributed by atoms with Crippen LogP contribution in [-0.4, -0.2) is 39.8 Å². The molecule has 6 heteroatoms. The lowest BCUT2D eigenvalue weighted by molar-refractivity contribution is -0.137. The van der Waals surface area contributed by atoms with Crippen LogP contribution in [-0.2, 0) is 9.59 Å². The van der Waals surface area contributed by atoms with Crippen LogP contribution in [0.5, 0.6) is 0 Å². The fourth-order valence-electron chi connectivity index (χ4n) is 3.89. The van der Waals surface area contributed by atoms with Crippen LogP contribution in [0.3, 0.4) is 0 Å². The number of piperidine rings is 1. The number of amides is 2. The SMILES string of the molecule is CC(C)C(NC(=O)C1CCN(C(=O)C2CC2)CC1)c1nc2ccccc2[nH]1. The Kier molecular flexibility index (Phi) is 4.89. The first-order valence-corrected chi connectivity index (χ1v) is 10.1. The third-order valence-electron chi connectivity index (χ3n) is 5.77. The fraction of sp³-hybridized carbons (Fsp3) is 0.571. The number of rotatable bonds is 5. The summed E-state index contributed by atoms with van der Waals surface area (Å²) >= 11 is 0. The Morgan fingerprint density at radius 1 is 1.11 bits per heavy atom. The van der Waals surface area contributed by atoms with Crippen LogP contribution in [0.1, 0.15) is 51.4 Å². The molecular weight excluding hydrogens is 340 g/mol. The zero-order valence-corrected chi connectivity index (χ0v) is 16.1. The first kappa shape index (κ1) is 18.0. The average Bonchev–Trinajstić information content (AvgIpc) is 3.44. The molecule has 2 heterocycles. The molecule has 0 radical (unpaired) electrons. The van der Waals surface area contributed by atoms with Crippen molar-refractivity contribution in [3.8, 4) is 0 Å². The highest BCUT2D eigenvalue weighted by Crippen LogP contribution is 2.32. The number of aromatic nitrogens is 2. The summed E-state index contributed by atoms with van der Waals surface area (Å²) < 4.78 is 0. The highest BCUT2D eigenvalue weighted by atomic mass is 16.2. The van der Waals surface area contributed by atoms with Gasteiger partial charge in [0.15, 0.2) is 0 Å². The number of carbonyl (C=O) groups is 2. The van der Waals surface area contributed by atoms with Crippen LogP contribution >= 0.6 is 0 Å². The topological polar surface area (TPSA) is 78.1 Å². The molecule has 2 fully saturated rings. The maximum absolute atomic E-state index is 12.9. The standard InChI is InChI=1S/C21H28N4O2/c1-13(2)18(19-22-16-5-3-4-6-17(16)23-19)24-20(26)14-9-11-25(12-10-14)21(27)15-7-8-15/h3-6,13-15,18H,7-12H2,1-2H3,(H,22,23)(H,24,26). The normalized spacial score (nSPS) is 19.4. The summed E-state index contributed by atoms with van der Waals surface area (Å²) in [7, 11) is 0. The molecule has 1 aromatic carbocycles. The molecular formula is C21H28N4O2. The van der Waals surface area contributed by atoms with Crippen molar-refractivity contribution in [1.29, 1.82) is 0 Å². The molecule has 27 heavy (non-hydrogen) atoms. The van der Waals surface area contributed by atoms with Crippen molar-refractivity contribution in [2.75, 3.05) is 13.1 Å². The van der Waals surface area contributed by atoms with Crippen molar-refractivity contribution in [1.82, 2.24) is 20.2 Å². The van der Waals surface area contributed by atoms with Crippen LogP contribution in [0.25, 0.3) is 11.0 Å². The largest absolute Gasteiger partial charge is 0.346 e. The van der Waals surface area contributed by atoms with E-state index in [1.165, 1.54) is 0 Å². The van der Waals surface area contributed by atoms with Gasteiger partial charge in [0.25, 0.3) is 0 Å². The Morgan fingerprint density at radius 2 is 1.81 bits per heavy atom. The van der Waals surface area contributed by atoms with Gasteiger partial charge in [-0.1, -0.05) is 26.0 Å². The van der Waals surface area contributed by atoms with Gasteiger partial charge in [-0.3, -0.25) is 9.59 Å². The maximum Gasteiger partial charge on any atom is 0.225 e. The molecule has 0 bridgehead atoms. The number of nitrogens with zero attached hydrogens (tertiary/aromatic N) is 2. The quantitative estimate of drug-likeness (QED) is 0.851. The van der Waals surface area contributed by atoms with Crippen molar-refractivity contribution in [2.45, 2.75) is 45.6 Å². The van der Waals surface area contributed by atoms with Gasteiger partial charge in [-0.15, -0.1) is 0 Å². The minimum Gasteiger partial charge on any atom is -0.346 e. The average molecular weight is 368 g/mol. The monoisotopic (exact) mass is 368 g/mol. The van der Waals surface area contributed by atoms with Gasteiger partial charge in [0.1, 0.15) is 5.82 Å². The molecule has 2 N–H and O–H groups in total. The van der Waals surface area contributed by atoms with E-state index in [4.69, 9.17) is 0 Å². The van der Waals surface area contributed by atoms with Crippen LogP contribution in [0.2, 0.25) is 0 Å². The van der Waals surface area contributed by atoms with Crippen molar-refractivity contribution in [2.24, 2.45) is 17.8 Å². The Bertz CT molecular complexity index is 799. The Morgan fingerprint density at radius 3 is 2.44 bits per heavy atom. The second kappa shape index (κ2) is 7.33. The molecule has 144 valence electrons. The number of likely N-dealkylation sites (tertiary alicyclic amines) is 1. The lowest BCUT2D eigenvalue weighted by Gasteiger charge is -2.32. The van der Waals surface area contributed by atoms with Gasteiger partial charge in [-0.2, -0.15) is 0 Å². The van der Waals surface area contributed by atoms with E-state index in [2.05, 4.69) is 29.1 Å². The van der Waals surface area contributed by atoms with Crippen molar-refractivity contribution >= 4 is 22.8 Å². The molecule has 1 atom stereocenters. The Labute approximate surface area is 159 Å². The van der Waals surface area contributed by atoms with Gasteiger partial charge in [0.05, 0.1) is 17.1 Å². The number of para-hydroxylation sites is 2. The van der Waals surface area contributed by atoms with E-state index < -0.39 is 0 Å². The van der Waals surface area contributed by atoms with Gasteiger partial charge in [0.2, 0.25) is 11.8 Å². The molecule has 2 aliphatic rings. The summed E-state index contributed by atoms with van der Waals surface area (Å²) in [4.78, 5) is 35.0. The molecule has 1 aliphatic carbocycles. The zero-order valence-electron chi connectivity index (χ0n) is 16.1. The molecule has 1 unspecified atom stereocenters. The van der Waals surface area contributed by atoms with E-state index in [1.54, 1.807) is 0 Å². The molecule has 1 saturated carbocycles. The second-order valence-electron chi connectivity index (χ2n) is 8.24. The Hall–Kier alpha value is -2.37. The number of carbonyl (C=O) groups excluding carboxylic acids is 2. The molecule has 0 spiro atoms. The molecule has 4 rings (SSSR count). The molecule has 1 aliphatic heterocycles. The number of benzene rings is 1. The van der Waals surface area contributed by atoms with Gasteiger partial charge in [0, 0.05) is 24.9 Å². The molecule has 2 amide bonds. The van der Waals surface area contributed by atoms with E-state index in [9.17, 15) is 9.59 Å². The fourth-order valence-corrected chi connectivity index (χ4v) is 3.89. The third-order valence-corrected chi connectivity index (χ3v) is 5.77. The minimum atomic E-state index is -0.143. The number of H-pyrrole nitrogens is 1. The lowest BCUT2D eigenvalue weighted by Crippen LogP contribution is -2.44. The summed E-state index contributed by atoms with van der Waals surface area (Å²) in [5.74, 6) is 1.63. The van der Waals surface area contributed by atoms with E-state index in [1.807, 2.05) is 29.2 Å². The predicted octanol–water partition coefficient (Wildman–Crippen LogP) is 3.02. The van der Waals surface area contributed by atoms with Gasteiger partial charge < -0.3 is 15.2 Å². The number of hydrogen-bond donors (Lipinski definition) is 2. The summed E-state index contributed by atoms with van der Waals surface area (Å²) in [5, 5.41) is 3.21. The van der Waals surface area contributed by atoms with E-state index in [0.717, 1.165) is 42.5 Å². The predicted molar refractivity (Wildman–Crippen MR) is 104 cm³/mol. The van der Waals surface area contributed by atoms with Gasteiger partial charge in [-0.25, -0.2) is 4.98 Å². The van der Waals surface area contributed by atoms with Crippen LogP contribution < -0.4 is 5.32 Å². The molecule has 2 aromatic rings. The molecule has 1 saturated heterocycles. The summed E-state index contributed by atoms with van der Waals surface area (Å²) in [6, 6.07) is 7.77. The van der Waals surface area contributed by atoms with E-state index in [-0.39, 0.29) is 35.6 Å². The maximum atomic E-state index is 12.9. The van der Waals surface area contributed by atoms with Crippen LogP contribution in [0.15, 0.2) is 24.3 Å². The van der Waals surface area contributed by atoms with E-state index in [0.29, 0.717) is 13.1 Å². The number of hydrogen-bond acceptors (Lipinski definition) is 3. The van der Waals surface area contributed by atoms with Gasteiger partial charge in [-0.05, 0) is 43.7 Å². The number of nitrogens with one attached hydrogen (secondary N) is 2. The summed E-state index contributed by atoms with van der Waals surface area (Å²) in [6.07, 6.45) is 3.56. The number of fused-ring (bicyclic) bond motifs is 1. The summed E-state index contributed by atoms with van der Waals surface area (Å²) in [5.41, 5.74) is 1.90. The second-order valence-corrected chi connectivity index (χ2v) is 8.24. The highest BCUT2D eigenvalue weighted by molar-refractivity contribution is 5.82. The van der Waals surface area contributed by atoms with Gasteiger partial charge >= 0.3 is 0 Å². The van der Waals surface area contributed by atoms with E-state index >= 15 is 0 Å². The van der Waals surface area contributed by atoms with Crippen molar-refractivity contribution in [3.05, 3.63) is 30.1 Å². The van der Waals surface area contributed by atoms with Crippen LogP contribution in [0, 0.1) is 17.8 Å². The number of aromatic amines is 1. The lowest BCUT2D eigenvalue weighted by atomic mass is 9.94. The highest BCUT2D eigenvalue weighted by Gasteiger charge is 2.36. The first-order valence-electron chi connectivity index (χ1n) is 10.1. The Balaban J connectivity index is 1.40. The minimum absolute atomic E-state index is 0.0288. The van der Waals surface area contributed by atoms with Crippen molar-refractivity contribution in [3.63, 3.8) is 0 Å². The first-order chi connectivity index (χ1) is 13.0. The zero-order chi connectivity index (χ0) is 19.0. The molecule has 1 aromatic heterocycles. The van der Waals surface area contributed by atoms with Crippen molar-refractivity contribution < 1.29 is 9.59 Å². The summed E-state index contributed by atoms with van der Waals surface area (Å²) in [6.45, 7) is 5.58. The molecule has 6 nitrogen and oxygen atoms in total. The number of imidazole rings is 1. The third kappa shape index (κ3) is 3.84.